The molecule has 112 valence electrons. The van der Waals surface area contributed by atoms with Crippen LogP contribution in [-0.2, 0) is 0 Å². The number of fused-ring (bicyclic) bond motifs is 3. The molecule has 1 aliphatic carbocycles. The van der Waals surface area contributed by atoms with Gasteiger partial charge in [-0.1, -0.05) is 57.4 Å². The summed E-state index contributed by atoms with van der Waals surface area (Å²) < 4.78 is 1.11. The van der Waals surface area contributed by atoms with Crippen LogP contribution in [0.25, 0.3) is 0 Å². The average molecular weight is 395 g/mol. The second kappa shape index (κ2) is 5.59. The zero-order valence-electron chi connectivity index (χ0n) is 11.7. The molecule has 0 aromatic heterocycles. The van der Waals surface area contributed by atoms with Crippen LogP contribution < -0.4 is 5.32 Å². The van der Waals surface area contributed by atoms with Gasteiger partial charge >= 0.3 is 0 Å². The predicted octanol–water partition coefficient (Wildman–Crippen LogP) is 6.58. The fraction of sp³-hybridized carbons (Fsp3) is 0.222. The Bertz CT molecular complexity index is 751. The van der Waals surface area contributed by atoms with Crippen LogP contribution in [0.4, 0.5) is 5.69 Å². The lowest BCUT2D eigenvalue weighted by molar-refractivity contribution is 0.425. The van der Waals surface area contributed by atoms with Crippen LogP contribution in [0.5, 0.6) is 0 Å². The van der Waals surface area contributed by atoms with E-state index < -0.39 is 0 Å². The molecule has 0 amide bonds. The quantitative estimate of drug-likeness (QED) is 0.538. The maximum atomic E-state index is 6.45. The number of halogens is 3. The molecule has 1 aliphatic heterocycles. The summed E-state index contributed by atoms with van der Waals surface area (Å²) in [4.78, 5) is 0. The first kappa shape index (κ1) is 14.6. The van der Waals surface area contributed by atoms with Crippen molar-refractivity contribution in [2.45, 2.75) is 18.4 Å². The minimum absolute atomic E-state index is 0.134. The van der Waals surface area contributed by atoms with E-state index in [2.05, 4.69) is 51.6 Å². The van der Waals surface area contributed by atoms with Gasteiger partial charge in [0.25, 0.3) is 0 Å². The van der Waals surface area contributed by atoms with E-state index in [1.807, 2.05) is 18.2 Å². The van der Waals surface area contributed by atoms with Gasteiger partial charge in [-0.25, -0.2) is 0 Å². The van der Waals surface area contributed by atoms with Crippen molar-refractivity contribution in [2.24, 2.45) is 5.92 Å². The van der Waals surface area contributed by atoms with E-state index in [-0.39, 0.29) is 6.04 Å². The maximum absolute atomic E-state index is 6.45. The van der Waals surface area contributed by atoms with E-state index in [1.165, 1.54) is 5.56 Å². The third kappa shape index (κ3) is 2.29. The van der Waals surface area contributed by atoms with Crippen molar-refractivity contribution in [2.75, 3.05) is 5.32 Å². The molecule has 3 atom stereocenters. The van der Waals surface area contributed by atoms with Crippen LogP contribution in [0.15, 0.2) is 53.0 Å². The highest BCUT2D eigenvalue weighted by Crippen LogP contribution is 2.52. The molecule has 0 radical (unpaired) electrons. The van der Waals surface area contributed by atoms with Gasteiger partial charge in [-0.2, -0.15) is 0 Å². The third-order valence-corrected chi connectivity index (χ3v) is 5.79. The number of allylic oxidation sites excluding steroid dienone is 2. The molecule has 3 unspecified atom stereocenters. The Labute approximate surface area is 148 Å². The highest BCUT2D eigenvalue weighted by molar-refractivity contribution is 9.10. The molecule has 2 aromatic carbocycles. The summed E-state index contributed by atoms with van der Waals surface area (Å²) in [6.07, 6.45) is 5.62. The average Bonchev–Trinajstić information content (AvgIpc) is 2.97. The molecule has 0 saturated carbocycles. The Morgan fingerprint density at radius 1 is 1.09 bits per heavy atom. The summed E-state index contributed by atoms with van der Waals surface area (Å²) in [5, 5.41) is 5.13. The van der Waals surface area contributed by atoms with Crippen molar-refractivity contribution >= 4 is 44.8 Å². The lowest BCUT2D eigenvalue weighted by Crippen LogP contribution is -2.29. The summed E-state index contributed by atoms with van der Waals surface area (Å²) in [5.41, 5.74) is 3.52. The van der Waals surface area contributed by atoms with Gasteiger partial charge in [0.05, 0.1) is 6.04 Å². The molecule has 1 nitrogen and oxygen atoms in total. The SMILES string of the molecule is Clc1cccc(Cl)c1C1Nc2ccc(Br)cc2C2C=CCC21. The van der Waals surface area contributed by atoms with Crippen molar-refractivity contribution in [3.8, 4) is 0 Å². The predicted molar refractivity (Wildman–Crippen MR) is 97.0 cm³/mol. The molecule has 22 heavy (non-hydrogen) atoms. The van der Waals surface area contributed by atoms with Gasteiger partial charge in [0.15, 0.2) is 0 Å². The zero-order chi connectivity index (χ0) is 15.3. The molecule has 0 bridgehead atoms. The molecule has 1 heterocycles. The lowest BCUT2D eigenvalue weighted by Gasteiger charge is -2.38. The maximum Gasteiger partial charge on any atom is 0.0583 e. The molecule has 2 aromatic rings. The monoisotopic (exact) mass is 393 g/mol. The Hall–Kier alpha value is -0.960. The van der Waals surface area contributed by atoms with Crippen LogP contribution in [0.2, 0.25) is 10.0 Å². The fourth-order valence-corrected chi connectivity index (χ4v) is 4.67. The lowest BCUT2D eigenvalue weighted by atomic mass is 9.77. The summed E-state index contributed by atoms with van der Waals surface area (Å²) in [6.45, 7) is 0. The number of anilines is 1. The number of benzene rings is 2. The molecule has 4 heteroatoms. The van der Waals surface area contributed by atoms with Gasteiger partial charge in [-0.3, -0.25) is 0 Å². The highest BCUT2D eigenvalue weighted by Gasteiger charge is 2.39. The van der Waals surface area contributed by atoms with Crippen molar-refractivity contribution in [1.82, 2.24) is 0 Å². The van der Waals surface area contributed by atoms with E-state index in [0.717, 1.165) is 32.2 Å². The smallest absolute Gasteiger partial charge is 0.0583 e. The summed E-state index contributed by atoms with van der Waals surface area (Å²) in [6, 6.07) is 12.3. The van der Waals surface area contributed by atoms with Crippen molar-refractivity contribution in [3.05, 3.63) is 74.2 Å². The van der Waals surface area contributed by atoms with Gasteiger partial charge in [0.2, 0.25) is 0 Å². The second-order valence-corrected chi connectivity index (χ2v) is 7.57. The Kier molecular flexibility index (Phi) is 3.72. The van der Waals surface area contributed by atoms with Gasteiger partial charge in [0.1, 0.15) is 0 Å². The van der Waals surface area contributed by atoms with Crippen molar-refractivity contribution in [1.29, 1.82) is 0 Å². The van der Waals surface area contributed by atoms with Gasteiger partial charge < -0.3 is 5.32 Å². The molecular formula is C18H14BrCl2N. The number of nitrogens with one attached hydrogen (secondary N) is 1. The van der Waals surface area contributed by atoms with E-state index >= 15 is 0 Å². The molecule has 0 spiro atoms. The minimum Gasteiger partial charge on any atom is -0.378 e. The van der Waals surface area contributed by atoms with Crippen LogP contribution in [0, 0.1) is 5.92 Å². The first-order valence-corrected chi connectivity index (χ1v) is 8.86. The summed E-state index contributed by atoms with van der Waals surface area (Å²) in [5.74, 6) is 0.852. The van der Waals surface area contributed by atoms with E-state index in [1.54, 1.807) is 0 Å². The fourth-order valence-electron chi connectivity index (χ4n) is 3.66. The normalized spacial score (nSPS) is 25.5. The van der Waals surface area contributed by atoms with Crippen LogP contribution in [0.3, 0.4) is 0 Å². The largest absolute Gasteiger partial charge is 0.378 e. The van der Waals surface area contributed by atoms with Crippen molar-refractivity contribution in [3.63, 3.8) is 0 Å². The molecular weight excluding hydrogens is 381 g/mol. The molecule has 0 saturated heterocycles. The summed E-state index contributed by atoms with van der Waals surface area (Å²) >= 11 is 16.5. The van der Waals surface area contributed by atoms with Crippen LogP contribution in [0.1, 0.15) is 29.5 Å². The Balaban J connectivity index is 1.85. The Morgan fingerprint density at radius 3 is 2.64 bits per heavy atom. The van der Waals surface area contributed by atoms with E-state index in [4.69, 9.17) is 23.2 Å². The van der Waals surface area contributed by atoms with E-state index in [9.17, 15) is 0 Å². The summed E-state index contributed by atoms with van der Waals surface area (Å²) in [7, 11) is 0. The number of hydrogen-bond acceptors (Lipinski definition) is 1. The van der Waals surface area contributed by atoms with Crippen LogP contribution >= 0.6 is 39.1 Å². The van der Waals surface area contributed by atoms with Gasteiger partial charge in [0, 0.05) is 31.7 Å². The highest BCUT2D eigenvalue weighted by atomic mass is 79.9. The van der Waals surface area contributed by atoms with Gasteiger partial charge in [-0.05, 0) is 48.2 Å². The van der Waals surface area contributed by atoms with Crippen molar-refractivity contribution < 1.29 is 0 Å². The molecule has 1 N–H and O–H groups in total. The minimum atomic E-state index is 0.134. The molecule has 2 aliphatic rings. The number of hydrogen-bond donors (Lipinski definition) is 1. The molecule has 0 fully saturated rings. The zero-order valence-corrected chi connectivity index (χ0v) is 14.8. The van der Waals surface area contributed by atoms with E-state index in [0.29, 0.717) is 11.8 Å². The van der Waals surface area contributed by atoms with Crippen LogP contribution in [-0.4, -0.2) is 0 Å². The van der Waals surface area contributed by atoms with Gasteiger partial charge in [-0.15, -0.1) is 0 Å². The second-order valence-electron chi connectivity index (χ2n) is 5.84. The number of rotatable bonds is 1. The Morgan fingerprint density at radius 2 is 1.86 bits per heavy atom. The standard InChI is InChI=1S/C18H14BrCl2N/c19-10-7-8-16-13(9-10)11-3-1-4-12(11)18(22-16)17-14(20)5-2-6-15(17)21/h1-3,5-9,11-12,18,22H,4H2. The third-order valence-electron chi connectivity index (χ3n) is 4.64. The topological polar surface area (TPSA) is 12.0 Å². The first-order valence-electron chi connectivity index (χ1n) is 7.31. The molecule has 4 rings (SSSR count). The first-order chi connectivity index (χ1) is 10.6.